The third-order valence-corrected chi connectivity index (χ3v) is 9.41. The van der Waals surface area contributed by atoms with Gasteiger partial charge in [-0.05, 0) is 54.8 Å². The number of rotatable bonds is 10. The fraction of sp³-hybridized carbons (Fsp3) is 0.346. The van der Waals surface area contributed by atoms with Gasteiger partial charge in [0.2, 0.25) is 15.9 Å². The fourth-order valence-corrected chi connectivity index (χ4v) is 7.13. The molecule has 1 saturated heterocycles. The van der Waals surface area contributed by atoms with Gasteiger partial charge in [0.05, 0.1) is 15.8 Å². The third kappa shape index (κ3) is 6.76. The van der Waals surface area contributed by atoms with Gasteiger partial charge in [0.15, 0.2) is 0 Å². The van der Waals surface area contributed by atoms with E-state index in [4.69, 9.17) is 11.6 Å². The van der Waals surface area contributed by atoms with Gasteiger partial charge in [-0.25, -0.2) is 17.5 Å². The van der Waals surface area contributed by atoms with Gasteiger partial charge >= 0.3 is 0 Å². The molecule has 0 aliphatic carbocycles. The van der Waals surface area contributed by atoms with Crippen LogP contribution in [0.5, 0.6) is 0 Å². The zero-order valence-corrected chi connectivity index (χ0v) is 23.3. The van der Waals surface area contributed by atoms with E-state index in [0.29, 0.717) is 17.3 Å². The number of halogens is 2. The van der Waals surface area contributed by atoms with Crippen LogP contribution in [0.15, 0.2) is 54.9 Å². The minimum absolute atomic E-state index is 0.00727. The number of thiophene rings is 1. The lowest BCUT2D eigenvalue weighted by Gasteiger charge is -2.20. The van der Waals surface area contributed by atoms with Gasteiger partial charge in [-0.2, -0.15) is 0 Å². The summed E-state index contributed by atoms with van der Waals surface area (Å²) in [7, 11) is -2.15. The number of sulfonamides is 1. The van der Waals surface area contributed by atoms with E-state index in [1.807, 2.05) is 12.1 Å². The topological polar surface area (TPSA) is 99.7 Å². The Balaban J connectivity index is 1.37. The van der Waals surface area contributed by atoms with Crippen molar-refractivity contribution in [2.45, 2.75) is 31.7 Å². The van der Waals surface area contributed by atoms with Crippen molar-refractivity contribution in [3.63, 3.8) is 0 Å². The molecule has 2 unspecified atom stereocenters. The number of carbonyl (C=O) groups excluding carboxylic acids is 2. The highest BCUT2D eigenvalue weighted by atomic mass is 35.5. The van der Waals surface area contributed by atoms with Crippen LogP contribution in [0.3, 0.4) is 0 Å². The summed E-state index contributed by atoms with van der Waals surface area (Å²) >= 11 is 7.26. The number of hydrogen-bond donors (Lipinski definition) is 1. The minimum atomic E-state index is -3.79. The molecule has 38 heavy (non-hydrogen) atoms. The molecule has 0 bridgehead atoms. The fourth-order valence-electron chi connectivity index (χ4n) is 4.32. The maximum absolute atomic E-state index is 15.1. The molecule has 3 aromatic rings. The first-order chi connectivity index (χ1) is 18.0. The Morgan fingerprint density at radius 1 is 1.32 bits per heavy atom. The molecule has 3 heterocycles. The van der Waals surface area contributed by atoms with Gasteiger partial charge in [-0.1, -0.05) is 24.6 Å². The summed E-state index contributed by atoms with van der Waals surface area (Å²) in [6, 6.07) is 10.2. The highest BCUT2D eigenvalue weighted by Gasteiger charge is 2.37. The van der Waals surface area contributed by atoms with Crippen molar-refractivity contribution >= 4 is 50.5 Å². The maximum atomic E-state index is 15.1. The Kier molecular flexibility index (Phi) is 8.81. The Morgan fingerprint density at radius 2 is 2.11 bits per heavy atom. The van der Waals surface area contributed by atoms with Crippen LogP contribution >= 0.6 is 22.9 Å². The molecular weight excluding hydrogens is 551 g/mol. The number of amides is 2. The first-order valence-corrected chi connectivity index (χ1v) is 14.9. The highest BCUT2D eigenvalue weighted by molar-refractivity contribution is 7.89. The lowest BCUT2D eigenvalue weighted by atomic mass is 10.1. The average Bonchev–Trinajstić information content (AvgIpc) is 3.47. The minimum Gasteiger partial charge on any atom is -0.341 e. The van der Waals surface area contributed by atoms with Gasteiger partial charge in [0, 0.05) is 48.9 Å². The van der Waals surface area contributed by atoms with Crippen LogP contribution in [0.4, 0.5) is 10.1 Å². The van der Waals surface area contributed by atoms with Crippen molar-refractivity contribution in [1.29, 1.82) is 0 Å². The number of anilines is 1. The van der Waals surface area contributed by atoms with Crippen LogP contribution < -0.4 is 9.62 Å². The molecule has 202 valence electrons. The second-order valence-electron chi connectivity index (χ2n) is 9.28. The van der Waals surface area contributed by atoms with E-state index < -0.39 is 27.8 Å². The molecule has 1 N–H and O–H groups in total. The van der Waals surface area contributed by atoms with Gasteiger partial charge < -0.3 is 9.80 Å². The van der Waals surface area contributed by atoms with Crippen molar-refractivity contribution in [2.75, 3.05) is 30.8 Å². The Labute approximate surface area is 230 Å². The molecular formula is C26H28ClFN4O4S2. The van der Waals surface area contributed by atoms with Crippen LogP contribution in [0.2, 0.25) is 4.34 Å². The van der Waals surface area contributed by atoms with Gasteiger partial charge in [-0.3, -0.25) is 14.6 Å². The van der Waals surface area contributed by atoms with E-state index in [2.05, 4.69) is 9.71 Å². The van der Waals surface area contributed by atoms with E-state index in [9.17, 15) is 18.0 Å². The second kappa shape index (κ2) is 11.9. The van der Waals surface area contributed by atoms with Gasteiger partial charge in [0.1, 0.15) is 11.9 Å². The van der Waals surface area contributed by atoms with Crippen molar-refractivity contribution in [3.8, 4) is 0 Å². The second-order valence-corrected chi connectivity index (χ2v) is 12.8. The summed E-state index contributed by atoms with van der Waals surface area (Å²) in [5, 5.41) is 0. The lowest BCUT2D eigenvalue weighted by molar-refractivity contribution is -0.118. The summed E-state index contributed by atoms with van der Waals surface area (Å²) in [6.07, 6.45) is 4.21. The molecule has 4 rings (SSSR count). The van der Waals surface area contributed by atoms with Crippen LogP contribution in [-0.4, -0.2) is 62.0 Å². The molecule has 0 saturated carbocycles. The normalized spacial score (nSPS) is 16.6. The molecule has 2 atom stereocenters. The molecule has 8 nitrogen and oxygen atoms in total. The summed E-state index contributed by atoms with van der Waals surface area (Å²) in [6.45, 7) is 2.36. The van der Waals surface area contributed by atoms with E-state index in [0.717, 1.165) is 16.5 Å². The Morgan fingerprint density at radius 3 is 2.76 bits per heavy atom. The predicted octanol–water partition coefficient (Wildman–Crippen LogP) is 4.08. The van der Waals surface area contributed by atoms with Gasteiger partial charge in [-0.15, -0.1) is 11.3 Å². The third-order valence-electron chi connectivity index (χ3n) is 6.37. The molecule has 1 aromatic carbocycles. The average molecular weight is 579 g/mol. The summed E-state index contributed by atoms with van der Waals surface area (Å²) in [4.78, 5) is 33.4. The SMILES string of the molecule is CC(CS(=O)(=O)NC1CCN(c2ccc(C(=O)N(C)CCc3cccnc3)cc2F)C1=O)c1ccc(Cl)s1. The molecule has 2 aromatic heterocycles. The number of nitrogens with zero attached hydrogens (tertiary/aromatic N) is 3. The maximum Gasteiger partial charge on any atom is 0.253 e. The summed E-state index contributed by atoms with van der Waals surface area (Å²) < 4.78 is 43.6. The van der Waals surface area contributed by atoms with Crippen molar-refractivity contribution in [3.05, 3.63) is 81.0 Å². The van der Waals surface area contributed by atoms with Crippen LogP contribution in [0.25, 0.3) is 0 Å². The van der Waals surface area contributed by atoms with Crippen molar-refractivity contribution < 1.29 is 22.4 Å². The number of hydrogen-bond acceptors (Lipinski definition) is 6. The molecule has 1 fully saturated rings. The highest BCUT2D eigenvalue weighted by Crippen LogP contribution is 2.30. The first-order valence-electron chi connectivity index (χ1n) is 12.0. The largest absolute Gasteiger partial charge is 0.341 e. The zero-order chi connectivity index (χ0) is 27.4. The van der Waals surface area contributed by atoms with Gasteiger partial charge in [0.25, 0.3) is 5.91 Å². The van der Waals surface area contributed by atoms with E-state index in [1.165, 1.54) is 33.3 Å². The Bertz CT molecular complexity index is 1420. The zero-order valence-electron chi connectivity index (χ0n) is 20.9. The molecule has 0 spiro atoms. The summed E-state index contributed by atoms with van der Waals surface area (Å²) in [5.74, 6) is -2.11. The number of nitrogens with one attached hydrogen (secondary N) is 1. The predicted molar refractivity (Wildman–Crippen MR) is 147 cm³/mol. The monoisotopic (exact) mass is 578 g/mol. The van der Waals surface area contributed by atoms with Crippen LogP contribution in [-0.2, 0) is 21.2 Å². The van der Waals surface area contributed by atoms with E-state index in [1.54, 1.807) is 38.5 Å². The van der Waals surface area contributed by atoms with E-state index >= 15 is 4.39 Å². The molecule has 0 radical (unpaired) electrons. The number of aromatic nitrogens is 1. The van der Waals surface area contributed by atoms with E-state index in [-0.39, 0.29) is 41.8 Å². The number of likely N-dealkylation sites (N-methyl/N-ethyl adjacent to an activating group) is 1. The summed E-state index contributed by atoms with van der Waals surface area (Å²) in [5.41, 5.74) is 1.15. The van der Waals surface area contributed by atoms with Crippen molar-refractivity contribution in [1.82, 2.24) is 14.6 Å². The standard InChI is InChI=1S/C26H28ClFN4O4S2/c1-17(23-7-8-24(27)37-23)16-38(35,36)30-21-10-13-32(26(21)34)22-6-5-19(14-20(22)28)25(33)31(2)12-9-18-4-3-11-29-15-18/h3-8,11,14-15,17,21,30H,9-10,12-13,16H2,1-2H3. The lowest BCUT2D eigenvalue weighted by Crippen LogP contribution is -2.43. The number of carbonyl (C=O) groups is 2. The Hall–Kier alpha value is -2.86. The quantitative estimate of drug-likeness (QED) is 0.391. The first kappa shape index (κ1) is 28.2. The van der Waals surface area contributed by atoms with Crippen LogP contribution in [0.1, 0.15) is 40.1 Å². The molecule has 12 heteroatoms. The number of benzene rings is 1. The smallest absolute Gasteiger partial charge is 0.253 e. The molecule has 2 amide bonds. The molecule has 1 aliphatic heterocycles. The molecule has 1 aliphatic rings. The van der Waals surface area contributed by atoms with Crippen LogP contribution in [0, 0.1) is 5.82 Å². The number of pyridine rings is 1. The van der Waals surface area contributed by atoms with Crippen molar-refractivity contribution in [2.24, 2.45) is 0 Å².